The van der Waals surface area contributed by atoms with Gasteiger partial charge in [-0.1, -0.05) is 0 Å². The predicted molar refractivity (Wildman–Crippen MR) is 44.7 cm³/mol. The standard InChI is InChI=1S/C3H9N.C2H7O5P/c1-4(2)3;3-1-2-7-8(4,5)6/h1-3H3;3H,1-2H2,(H2,4,5,6). The topological polar surface area (TPSA) is 90.2 Å². The lowest BCUT2D eigenvalue weighted by Crippen LogP contribution is -1.99. The van der Waals surface area contributed by atoms with Crippen LogP contribution >= 0.6 is 7.82 Å². The maximum absolute atomic E-state index is 9.75. The number of aliphatic hydroxyl groups excluding tert-OH is 1. The molecule has 0 spiro atoms. The number of phosphoric acid groups is 1. The van der Waals surface area contributed by atoms with Gasteiger partial charge in [-0.05, 0) is 21.1 Å². The molecule has 0 atom stereocenters. The molecule has 3 N–H and O–H groups in total. The largest absolute Gasteiger partial charge is 0.469 e. The van der Waals surface area contributed by atoms with Crippen LogP contribution in [0.4, 0.5) is 0 Å². The number of hydrogen-bond acceptors (Lipinski definition) is 4. The summed E-state index contributed by atoms with van der Waals surface area (Å²) >= 11 is 0. The third kappa shape index (κ3) is 32.3. The van der Waals surface area contributed by atoms with Crippen molar-refractivity contribution < 1.29 is 24.0 Å². The average molecular weight is 201 g/mol. The Morgan fingerprint density at radius 2 is 1.67 bits per heavy atom. The highest BCUT2D eigenvalue weighted by molar-refractivity contribution is 7.46. The van der Waals surface area contributed by atoms with E-state index in [4.69, 9.17) is 14.9 Å². The van der Waals surface area contributed by atoms with Crippen LogP contribution in [0.25, 0.3) is 0 Å². The maximum Gasteiger partial charge on any atom is 0.469 e. The molecule has 0 saturated carbocycles. The third-order valence-corrected chi connectivity index (χ3v) is 0.870. The van der Waals surface area contributed by atoms with E-state index in [1.807, 2.05) is 26.0 Å². The summed E-state index contributed by atoms with van der Waals surface area (Å²) in [7, 11) is 1.66. The van der Waals surface area contributed by atoms with E-state index in [-0.39, 0.29) is 13.2 Å². The van der Waals surface area contributed by atoms with E-state index >= 15 is 0 Å². The van der Waals surface area contributed by atoms with Crippen molar-refractivity contribution in [1.29, 1.82) is 0 Å². The fourth-order valence-electron chi connectivity index (χ4n) is 0.160. The maximum atomic E-state index is 9.75. The van der Waals surface area contributed by atoms with Crippen LogP contribution in [0.5, 0.6) is 0 Å². The van der Waals surface area contributed by atoms with Gasteiger partial charge in [0.05, 0.1) is 13.2 Å². The first-order chi connectivity index (χ1) is 5.29. The van der Waals surface area contributed by atoms with Crippen molar-refractivity contribution in [2.24, 2.45) is 0 Å². The van der Waals surface area contributed by atoms with Crippen LogP contribution in [0.2, 0.25) is 0 Å². The molecule has 0 heterocycles. The van der Waals surface area contributed by atoms with Crippen LogP contribution in [0.15, 0.2) is 0 Å². The van der Waals surface area contributed by atoms with E-state index in [2.05, 4.69) is 4.52 Å². The number of aliphatic hydroxyl groups is 1. The molecule has 0 bridgehead atoms. The van der Waals surface area contributed by atoms with Gasteiger partial charge >= 0.3 is 7.82 Å². The Morgan fingerprint density at radius 3 is 1.75 bits per heavy atom. The zero-order chi connectivity index (χ0) is 10.2. The first kappa shape index (κ1) is 14.5. The summed E-state index contributed by atoms with van der Waals surface area (Å²) < 4.78 is 13.5. The van der Waals surface area contributed by atoms with Crippen LogP contribution in [0.3, 0.4) is 0 Å². The molecule has 0 aliphatic carbocycles. The number of rotatable bonds is 3. The quantitative estimate of drug-likeness (QED) is 0.521. The smallest absolute Gasteiger partial charge is 0.394 e. The molecular weight excluding hydrogens is 185 g/mol. The second-order valence-corrected chi connectivity index (χ2v) is 3.63. The van der Waals surface area contributed by atoms with Gasteiger partial charge in [0.2, 0.25) is 0 Å². The second kappa shape index (κ2) is 7.67. The Morgan fingerprint density at radius 1 is 1.33 bits per heavy atom. The number of phosphoric ester groups is 1. The Labute approximate surface area is 72.0 Å². The molecular formula is C5H16NO5P. The van der Waals surface area contributed by atoms with E-state index in [0.717, 1.165) is 0 Å². The van der Waals surface area contributed by atoms with Crippen molar-refractivity contribution in [2.75, 3.05) is 34.4 Å². The Hall–Kier alpha value is 0.0300. The van der Waals surface area contributed by atoms with Crippen LogP contribution in [0, 0.1) is 0 Å². The minimum Gasteiger partial charge on any atom is -0.394 e. The van der Waals surface area contributed by atoms with Gasteiger partial charge in [0.15, 0.2) is 0 Å². The summed E-state index contributed by atoms with van der Waals surface area (Å²) in [6.45, 7) is -0.713. The summed E-state index contributed by atoms with van der Waals surface area (Å²) in [5.41, 5.74) is 0. The van der Waals surface area contributed by atoms with Gasteiger partial charge in [0.25, 0.3) is 0 Å². The monoisotopic (exact) mass is 201 g/mol. The van der Waals surface area contributed by atoms with Gasteiger partial charge in [-0.3, -0.25) is 4.52 Å². The van der Waals surface area contributed by atoms with E-state index in [1.54, 1.807) is 0 Å². The molecule has 0 fully saturated rings. The molecule has 0 amide bonds. The molecule has 12 heavy (non-hydrogen) atoms. The van der Waals surface area contributed by atoms with E-state index in [9.17, 15) is 4.57 Å². The van der Waals surface area contributed by atoms with Gasteiger partial charge in [-0.2, -0.15) is 0 Å². The summed E-state index contributed by atoms with van der Waals surface area (Å²) in [5, 5.41) is 7.96. The SMILES string of the molecule is CN(C)C.O=P(O)(O)OCCO. The molecule has 6 nitrogen and oxygen atoms in total. The predicted octanol–water partition coefficient (Wildman–Crippen LogP) is -0.734. The molecule has 0 rings (SSSR count). The molecule has 0 aromatic carbocycles. The van der Waals surface area contributed by atoms with E-state index < -0.39 is 7.82 Å². The molecule has 76 valence electrons. The zero-order valence-corrected chi connectivity index (χ0v) is 8.36. The molecule has 0 aromatic rings. The number of hydrogen-bond donors (Lipinski definition) is 3. The third-order valence-electron chi connectivity index (χ3n) is 0.351. The highest BCUT2D eigenvalue weighted by Crippen LogP contribution is 2.34. The van der Waals surface area contributed by atoms with Crippen molar-refractivity contribution in [2.45, 2.75) is 0 Å². The highest BCUT2D eigenvalue weighted by atomic mass is 31.2. The Kier molecular flexibility index (Phi) is 9.30. The Balaban J connectivity index is 0. The zero-order valence-electron chi connectivity index (χ0n) is 7.47. The van der Waals surface area contributed by atoms with Crippen molar-refractivity contribution in [3.63, 3.8) is 0 Å². The lowest BCUT2D eigenvalue weighted by atomic mass is 10.8. The van der Waals surface area contributed by atoms with Crippen molar-refractivity contribution in [1.82, 2.24) is 4.90 Å². The van der Waals surface area contributed by atoms with Gasteiger partial charge < -0.3 is 19.8 Å². The lowest BCUT2D eigenvalue weighted by molar-refractivity contribution is 0.151. The summed E-state index contributed by atoms with van der Waals surface area (Å²) in [5.74, 6) is 0. The molecule has 0 aliphatic heterocycles. The molecule has 0 radical (unpaired) electrons. The second-order valence-electron chi connectivity index (χ2n) is 2.39. The van der Waals surface area contributed by atoms with Gasteiger partial charge in [0, 0.05) is 0 Å². The Bertz CT molecular complexity index is 131. The minimum atomic E-state index is -4.34. The molecule has 0 unspecified atom stereocenters. The first-order valence-electron chi connectivity index (χ1n) is 3.21. The minimum absolute atomic E-state index is 0.329. The lowest BCUT2D eigenvalue weighted by Gasteiger charge is -2.00. The molecule has 0 aromatic heterocycles. The summed E-state index contributed by atoms with van der Waals surface area (Å²) in [6, 6.07) is 0. The number of nitrogens with zero attached hydrogens (tertiary/aromatic N) is 1. The average Bonchev–Trinajstić information content (AvgIpc) is 1.80. The van der Waals surface area contributed by atoms with Crippen molar-refractivity contribution in [3.8, 4) is 0 Å². The molecule has 0 saturated heterocycles. The van der Waals surface area contributed by atoms with Crippen molar-refractivity contribution >= 4 is 7.82 Å². The van der Waals surface area contributed by atoms with Crippen LogP contribution < -0.4 is 0 Å². The van der Waals surface area contributed by atoms with Crippen LogP contribution in [0.1, 0.15) is 0 Å². The van der Waals surface area contributed by atoms with E-state index in [0.29, 0.717) is 0 Å². The van der Waals surface area contributed by atoms with E-state index in [1.165, 1.54) is 0 Å². The van der Waals surface area contributed by atoms with Gasteiger partial charge in [-0.25, -0.2) is 4.57 Å². The molecule has 0 aliphatic rings. The van der Waals surface area contributed by atoms with Gasteiger partial charge in [-0.15, -0.1) is 0 Å². The van der Waals surface area contributed by atoms with Crippen LogP contribution in [-0.2, 0) is 9.09 Å². The van der Waals surface area contributed by atoms with Crippen LogP contribution in [-0.4, -0.2) is 54.2 Å². The summed E-state index contributed by atoms with van der Waals surface area (Å²) in [4.78, 5) is 17.9. The first-order valence-corrected chi connectivity index (χ1v) is 4.74. The summed E-state index contributed by atoms with van der Waals surface area (Å²) in [6.07, 6.45) is 0. The fourth-order valence-corrected chi connectivity index (χ4v) is 0.479. The fraction of sp³-hybridized carbons (Fsp3) is 1.00. The van der Waals surface area contributed by atoms with Crippen molar-refractivity contribution in [3.05, 3.63) is 0 Å². The highest BCUT2D eigenvalue weighted by Gasteiger charge is 2.11. The normalized spacial score (nSPS) is 10.9. The van der Waals surface area contributed by atoms with Gasteiger partial charge in [0.1, 0.15) is 0 Å². The molecule has 7 heteroatoms.